The fraction of sp³-hybridized carbons (Fsp3) is 0.353. The number of pyridine rings is 1. The summed E-state index contributed by atoms with van der Waals surface area (Å²) in [4.78, 5) is 6.79. The lowest BCUT2D eigenvalue weighted by atomic mass is 10.1. The number of aromatic nitrogens is 1. The lowest BCUT2D eigenvalue weighted by molar-refractivity contribution is 0.760. The number of hydrogen-bond acceptors (Lipinski definition) is 2. The molecule has 1 aliphatic rings. The maximum atomic E-state index is 6.10. The van der Waals surface area contributed by atoms with Crippen molar-refractivity contribution in [1.82, 2.24) is 4.98 Å². The number of nitrogens with zero attached hydrogens (tertiary/aromatic N) is 2. The largest absolute Gasteiger partial charge is 0.341 e. The average Bonchev–Trinajstić information content (AvgIpc) is 2.69. The van der Waals surface area contributed by atoms with Gasteiger partial charge < -0.3 is 4.90 Å². The number of fused-ring (bicyclic) bond motifs is 1. The predicted molar refractivity (Wildman–Crippen MR) is 84.9 cm³/mol. The van der Waals surface area contributed by atoms with Gasteiger partial charge in [-0.05, 0) is 43.9 Å². The molecule has 2 heterocycles. The maximum Gasteiger partial charge on any atom is 0.0510 e. The van der Waals surface area contributed by atoms with E-state index in [-0.39, 0.29) is 0 Å². The summed E-state index contributed by atoms with van der Waals surface area (Å²) in [6.45, 7) is 3.08. The van der Waals surface area contributed by atoms with Crippen LogP contribution in [0, 0.1) is 6.92 Å². The zero-order valence-corrected chi connectivity index (χ0v) is 12.5. The summed E-state index contributed by atoms with van der Waals surface area (Å²) in [5.74, 6) is 0.501. The Hall–Kier alpha value is -1.54. The molecule has 0 saturated heterocycles. The lowest BCUT2D eigenvalue weighted by Gasteiger charge is -2.27. The highest BCUT2D eigenvalue weighted by Gasteiger charge is 2.18. The number of aryl methyl sites for hydroxylation is 2. The van der Waals surface area contributed by atoms with Crippen molar-refractivity contribution in [3.8, 4) is 0 Å². The molecule has 0 aliphatic carbocycles. The normalized spacial score (nSPS) is 14.8. The second-order valence-corrected chi connectivity index (χ2v) is 5.59. The topological polar surface area (TPSA) is 16.1 Å². The molecule has 0 atom stereocenters. The average molecular weight is 287 g/mol. The van der Waals surface area contributed by atoms with Gasteiger partial charge in [-0.1, -0.05) is 18.2 Å². The minimum absolute atomic E-state index is 0.501. The summed E-state index contributed by atoms with van der Waals surface area (Å²) >= 11 is 6.10. The first kappa shape index (κ1) is 13.4. The molecule has 3 heteroatoms. The van der Waals surface area contributed by atoms with Gasteiger partial charge in [-0.15, -0.1) is 11.6 Å². The number of para-hydroxylation sites is 1. The molecular weight excluding hydrogens is 268 g/mol. The number of alkyl halides is 1. The van der Waals surface area contributed by atoms with Crippen LogP contribution in [0.5, 0.6) is 0 Å². The fourth-order valence-corrected chi connectivity index (χ4v) is 3.08. The number of rotatable bonds is 2. The monoisotopic (exact) mass is 286 g/mol. The molecule has 1 aliphatic heterocycles. The van der Waals surface area contributed by atoms with Crippen LogP contribution in [-0.2, 0) is 12.3 Å². The van der Waals surface area contributed by atoms with Gasteiger partial charge in [0.2, 0.25) is 0 Å². The SMILES string of the molecule is Cc1cc(N2CCCCc3ccccc32)c(CCl)cn1. The van der Waals surface area contributed by atoms with Crippen molar-refractivity contribution in [3.05, 3.63) is 53.3 Å². The van der Waals surface area contributed by atoms with Gasteiger partial charge in [0.25, 0.3) is 0 Å². The molecule has 1 aromatic carbocycles. The van der Waals surface area contributed by atoms with E-state index in [0.29, 0.717) is 5.88 Å². The van der Waals surface area contributed by atoms with Crippen molar-refractivity contribution in [2.45, 2.75) is 32.1 Å². The third-order valence-electron chi connectivity index (χ3n) is 3.89. The second kappa shape index (κ2) is 5.84. The number of anilines is 2. The van der Waals surface area contributed by atoms with Crippen LogP contribution in [0.3, 0.4) is 0 Å². The van der Waals surface area contributed by atoms with Gasteiger partial charge in [0.05, 0.1) is 5.88 Å². The molecule has 0 bridgehead atoms. The van der Waals surface area contributed by atoms with E-state index in [1.165, 1.54) is 29.8 Å². The Balaban J connectivity index is 2.12. The molecule has 3 rings (SSSR count). The Morgan fingerprint density at radius 3 is 2.90 bits per heavy atom. The minimum atomic E-state index is 0.501. The molecule has 0 amide bonds. The Bertz CT molecular complexity index is 610. The van der Waals surface area contributed by atoms with E-state index in [1.54, 1.807) is 0 Å². The van der Waals surface area contributed by atoms with Gasteiger partial charge >= 0.3 is 0 Å². The molecule has 0 saturated carbocycles. The van der Waals surface area contributed by atoms with Crippen molar-refractivity contribution in [2.75, 3.05) is 11.4 Å². The Morgan fingerprint density at radius 1 is 1.20 bits per heavy atom. The zero-order chi connectivity index (χ0) is 13.9. The van der Waals surface area contributed by atoms with Crippen LogP contribution >= 0.6 is 11.6 Å². The summed E-state index contributed by atoms with van der Waals surface area (Å²) in [6, 6.07) is 10.9. The summed E-state index contributed by atoms with van der Waals surface area (Å²) in [6.07, 6.45) is 5.52. The number of hydrogen-bond donors (Lipinski definition) is 0. The van der Waals surface area contributed by atoms with Gasteiger partial charge in [0.1, 0.15) is 0 Å². The molecular formula is C17H19ClN2. The molecule has 2 nitrogen and oxygen atoms in total. The molecule has 20 heavy (non-hydrogen) atoms. The minimum Gasteiger partial charge on any atom is -0.341 e. The third kappa shape index (κ3) is 2.53. The van der Waals surface area contributed by atoms with Gasteiger partial charge in [-0.2, -0.15) is 0 Å². The standard InChI is InChI=1S/C17H19ClN2/c1-13-10-17(15(11-18)12-19-13)20-9-5-4-7-14-6-2-3-8-16(14)20/h2-3,6,8,10,12H,4-5,7,9,11H2,1H3. The van der Waals surface area contributed by atoms with E-state index in [9.17, 15) is 0 Å². The number of benzene rings is 1. The van der Waals surface area contributed by atoms with Crippen molar-refractivity contribution >= 4 is 23.0 Å². The van der Waals surface area contributed by atoms with E-state index in [0.717, 1.165) is 24.2 Å². The summed E-state index contributed by atoms with van der Waals surface area (Å²) in [5, 5.41) is 0. The molecule has 0 unspecified atom stereocenters. The Kier molecular flexibility index (Phi) is 3.93. The van der Waals surface area contributed by atoms with Gasteiger partial charge in [-0.25, -0.2) is 0 Å². The van der Waals surface area contributed by atoms with Crippen LogP contribution in [0.25, 0.3) is 0 Å². The van der Waals surface area contributed by atoms with Crippen molar-refractivity contribution in [2.24, 2.45) is 0 Å². The summed E-state index contributed by atoms with van der Waals surface area (Å²) in [5.41, 5.74) is 6.10. The predicted octanol–water partition coefficient (Wildman–Crippen LogP) is 4.60. The Morgan fingerprint density at radius 2 is 2.05 bits per heavy atom. The van der Waals surface area contributed by atoms with Crippen LogP contribution in [0.15, 0.2) is 36.5 Å². The van der Waals surface area contributed by atoms with Crippen molar-refractivity contribution < 1.29 is 0 Å². The molecule has 0 N–H and O–H groups in total. The van der Waals surface area contributed by atoms with Crippen molar-refractivity contribution in [3.63, 3.8) is 0 Å². The van der Waals surface area contributed by atoms with Crippen LogP contribution in [0.2, 0.25) is 0 Å². The molecule has 0 radical (unpaired) electrons. The smallest absolute Gasteiger partial charge is 0.0510 e. The van der Waals surface area contributed by atoms with E-state index in [2.05, 4.69) is 40.2 Å². The van der Waals surface area contributed by atoms with Crippen LogP contribution < -0.4 is 4.90 Å². The molecule has 2 aromatic rings. The molecule has 0 fully saturated rings. The third-order valence-corrected chi connectivity index (χ3v) is 4.18. The molecule has 104 valence electrons. The van der Waals surface area contributed by atoms with Crippen LogP contribution in [0.1, 0.15) is 29.7 Å². The van der Waals surface area contributed by atoms with Crippen LogP contribution in [-0.4, -0.2) is 11.5 Å². The molecule has 1 aromatic heterocycles. The van der Waals surface area contributed by atoms with E-state index in [4.69, 9.17) is 11.6 Å². The molecule has 0 spiro atoms. The quantitative estimate of drug-likeness (QED) is 0.750. The van der Waals surface area contributed by atoms with Crippen LogP contribution in [0.4, 0.5) is 11.4 Å². The first-order chi connectivity index (χ1) is 9.79. The first-order valence-electron chi connectivity index (χ1n) is 7.16. The van der Waals surface area contributed by atoms with Gasteiger partial charge in [0, 0.05) is 35.4 Å². The highest BCUT2D eigenvalue weighted by molar-refractivity contribution is 6.17. The fourth-order valence-electron chi connectivity index (χ4n) is 2.87. The van der Waals surface area contributed by atoms with Gasteiger partial charge in [0.15, 0.2) is 0 Å². The highest BCUT2D eigenvalue weighted by Crippen LogP contribution is 2.35. The first-order valence-corrected chi connectivity index (χ1v) is 7.70. The lowest BCUT2D eigenvalue weighted by Crippen LogP contribution is -2.19. The zero-order valence-electron chi connectivity index (χ0n) is 11.8. The van der Waals surface area contributed by atoms with E-state index >= 15 is 0 Å². The second-order valence-electron chi connectivity index (χ2n) is 5.33. The maximum absolute atomic E-state index is 6.10. The summed E-state index contributed by atoms with van der Waals surface area (Å²) < 4.78 is 0. The highest BCUT2D eigenvalue weighted by atomic mass is 35.5. The summed E-state index contributed by atoms with van der Waals surface area (Å²) in [7, 11) is 0. The number of halogens is 1. The van der Waals surface area contributed by atoms with Gasteiger partial charge in [-0.3, -0.25) is 4.98 Å². The van der Waals surface area contributed by atoms with E-state index in [1.807, 2.05) is 13.1 Å². The van der Waals surface area contributed by atoms with Crippen molar-refractivity contribution in [1.29, 1.82) is 0 Å². The van der Waals surface area contributed by atoms with E-state index < -0.39 is 0 Å². The Labute approximate surface area is 125 Å².